The fourth-order valence-corrected chi connectivity index (χ4v) is 2.81. The lowest BCUT2D eigenvalue weighted by Gasteiger charge is -2.16. The molecule has 1 aromatic carbocycles. The molecular formula is C8H7Cl3O2S. The summed E-state index contributed by atoms with van der Waals surface area (Å²) in [5, 5.41) is 0. The van der Waals surface area contributed by atoms with Crippen LogP contribution in [0.5, 0.6) is 0 Å². The lowest BCUT2D eigenvalue weighted by molar-refractivity contribution is 0.591. The largest absolute Gasteiger partial charge is 0.235 e. The minimum atomic E-state index is -3.79. The zero-order valence-electron chi connectivity index (χ0n) is 6.95. The van der Waals surface area contributed by atoms with E-state index in [4.69, 9.17) is 34.8 Å². The van der Waals surface area contributed by atoms with Crippen LogP contribution in [-0.4, -0.2) is 18.0 Å². The molecule has 0 saturated carbocycles. The van der Waals surface area contributed by atoms with Gasteiger partial charge in [0.25, 0.3) is 0 Å². The molecule has 6 heteroatoms. The van der Waals surface area contributed by atoms with Gasteiger partial charge in [0, 0.05) is 0 Å². The van der Waals surface area contributed by atoms with Gasteiger partial charge in [-0.15, -0.1) is 11.6 Å². The SMILES string of the molecule is O=S(=O)(c1ccccc1)C(Cl)(Cl)CCl. The predicted octanol–water partition coefficient (Wildman–Crippen LogP) is 2.83. The highest BCUT2D eigenvalue weighted by Gasteiger charge is 2.40. The minimum Gasteiger partial charge on any atom is -0.221 e. The summed E-state index contributed by atoms with van der Waals surface area (Å²) in [6.07, 6.45) is 0. The Morgan fingerprint density at radius 1 is 1.14 bits per heavy atom. The van der Waals surface area contributed by atoms with Crippen molar-refractivity contribution in [1.82, 2.24) is 0 Å². The molecule has 0 spiro atoms. The van der Waals surface area contributed by atoms with E-state index in [0.717, 1.165) is 0 Å². The van der Waals surface area contributed by atoms with Gasteiger partial charge in [0.2, 0.25) is 13.5 Å². The molecule has 14 heavy (non-hydrogen) atoms. The van der Waals surface area contributed by atoms with Gasteiger partial charge in [0.05, 0.1) is 10.8 Å². The number of rotatable bonds is 3. The monoisotopic (exact) mass is 272 g/mol. The molecule has 0 unspecified atom stereocenters. The highest BCUT2D eigenvalue weighted by molar-refractivity contribution is 7.95. The van der Waals surface area contributed by atoms with E-state index in [9.17, 15) is 8.42 Å². The van der Waals surface area contributed by atoms with Gasteiger partial charge < -0.3 is 0 Å². The van der Waals surface area contributed by atoms with E-state index in [1.54, 1.807) is 18.2 Å². The van der Waals surface area contributed by atoms with Gasteiger partial charge >= 0.3 is 0 Å². The number of hydrogen-bond donors (Lipinski definition) is 0. The van der Waals surface area contributed by atoms with Gasteiger partial charge in [-0.2, -0.15) is 0 Å². The van der Waals surface area contributed by atoms with Gasteiger partial charge in [-0.1, -0.05) is 41.4 Å². The van der Waals surface area contributed by atoms with Gasteiger partial charge in [-0.25, -0.2) is 8.42 Å². The maximum absolute atomic E-state index is 11.7. The summed E-state index contributed by atoms with van der Waals surface area (Å²) in [6.45, 7) is 0. The average Bonchev–Trinajstić information content (AvgIpc) is 2.19. The maximum Gasteiger partial charge on any atom is 0.235 e. The fourth-order valence-electron chi connectivity index (χ4n) is 0.844. The van der Waals surface area contributed by atoms with Crippen molar-refractivity contribution >= 4 is 44.6 Å². The number of sulfone groups is 1. The van der Waals surface area contributed by atoms with Gasteiger partial charge in [0.15, 0.2) is 0 Å². The second-order valence-corrected chi connectivity index (χ2v) is 6.96. The van der Waals surface area contributed by atoms with Crippen molar-refractivity contribution in [1.29, 1.82) is 0 Å². The van der Waals surface area contributed by atoms with Crippen molar-refractivity contribution < 1.29 is 8.42 Å². The highest BCUT2D eigenvalue weighted by atomic mass is 35.5. The number of alkyl halides is 3. The molecule has 0 bridgehead atoms. The molecule has 1 rings (SSSR count). The first-order valence-corrected chi connectivity index (χ1v) is 6.42. The molecule has 0 aliphatic heterocycles. The van der Waals surface area contributed by atoms with Crippen molar-refractivity contribution in [2.45, 2.75) is 8.56 Å². The Morgan fingerprint density at radius 2 is 1.64 bits per heavy atom. The normalized spacial score (nSPS) is 12.8. The molecule has 2 nitrogen and oxygen atoms in total. The maximum atomic E-state index is 11.7. The molecule has 0 fully saturated rings. The van der Waals surface area contributed by atoms with Crippen LogP contribution >= 0.6 is 34.8 Å². The molecule has 0 saturated heterocycles. The summed E-state index contributed by atoms with van der Waals surface area (Å²) in [4.78, 5) is 0.0608. The second-order valence-electron chi connectivity index (χ2n) is 2.59. The van der Waals surface area contributed by atoms with Crippen LogP contribution in [0, 0.1) is 0 Å². The standard InChI is InChI=1S/C8H7Cl3O2S/c9-6-8(10,11)14(12,13)7-4-2-1-3-5-7/h1-5H,6H2. The van der Waals surface area contributed by atoms with Gasteiger partial charge in [0.1, 0.15) is 0 Å². The van der Waals surface area contributed by atoms with Crippen LogP contribution in [0.4, 0.5) is 0 Å². The molecule has 0 N–H and O–H groups in total. The van der Waals surface area contributed by atoms with Crippen LogP contribution in [0.15, 0.2) is 35.2 Å². The molecule has 0 aliphatic rings. The third kappa shape index (κ3) is 2.16. The third-order valence-corrected chi connectivity index (χ3v) is 5.74. The number of halogens is 3. The lowest BCUT2D eigenvalue weighted by Crippen LogP contribution is -2.28. The van der Waals surface area contributed by atoms with E-state index in [1.807, 2.05) is 0 Å². The molecule has 0 heterocycles. The van der Waals surface area contributed by atoms with E-state index in [-0.39, 0.29) is 10.8 Å². The van der Waals surface area contributed by atoms with Crippen molar-refractivity contribution in [2.75, 3.05) is 5.88 Å². The first-order valence-electron chi connectivity index (χ1n) is 3.65. The summed E-state index contributed by atoms with van der Waals surface area (Å²) >= 11 is 16.6. The zero-order chi connectivity index (χ0) is 10.8. The number of benzene rings is 1. The van der Waals surface area contributed by atoms with Crippen LogP contribution in [-0.2, 0) is 9.84 Å². The number of hydrogen-bond acceptors (Lipinski definition) is 2. The summed E-state index contributed by atoms with van der Waals surface area (Å²) in [5.74, 6) is -0.382. The first kappa shape index (κ1) is 12.1. The molecule has 0 aromatic heterocycles. The minimum absolute atomic E-state index is 0.0608. The van der Waals surface area contributed by atoms with Crippen LogP contribution < -0.4 is 0 Å². The van der Waals surface area contributed by atoms with Gasteiger partial charge in [-0.05, 0) is 12.1 Å². The average molecular weight is 274 g/mol. The molecular weight excluding hydrogens is 267 g/mol. The van der Waals surface area contributed by atoms with Crippen LogP contribution in [0.1, 0.15) is 0 Å². The topological polar surface area (TPSA) is 34.1 Å². The molecule has 78 valence electrons. The van der Waals surface area contributed by atoms with E-state index in [0.29, 0.717) is 0 Å². The Kier molecular flexibility index (Phi) is 3.69. The summed E-state index contributed by atoms with van der Waals surface area (Å²) in [6, 6.07) is 7.71. The van der Waals surface area contributed by atoms with Gasteiger partial charge in [-0.3, -0.25) is 0 Å². The summed E-state index contributed by atoms with van der Waals surface area (Å²) < 4.78 is 21.5. The first-order chi connectivity index (χ1) is 6.42. The molecule has 0 radical (unpaired) electrons. The summed E-state index contributed by atoms with van der Waals surface area (Å²) in [7, 11) is -3.79. The Bertz CT molecular complexity index is 400. The molecule has 0 aliphatic carbocycles. The Labute approximate surface area is 97.7 Å². The Balaban J connectivity index is 3.23. The van der Waals surface area contributed by atoms with E-state index in [2.05, 4.69) is 0 Å². The zero-order valence-corrected chi connectivity index (χ0v) is 10.0. The van der Waals surface area contributed by atoms with E-state index < -0.39 is 13.5 Å². The summed E-state index contributed by atoms with van der Waals surface area (Å²) in [5.41, 5.74) is 0. The molecule has 1 aromatic rings. The third-order valence-electron chi connectivity index (χ3n) is 1.60. The van der Waals surface area contributed by atoms with Crippen LogP contribution in [0.3, 0.4) is 0 Å². The van der Waals surface area contributed by atoms with Crippen LogP contribution in [0.25, 0.3) is 0 Å². The molecule has 0 atom stereocenters. The smallest absolute Gasteiger partial charge is 0.221 e. The van der Waals surface area contributed by atoms with E-state index >= 15 is 0 Å². The lowest BCUT2D eigenvalue weighted by atomic mass is 10.4. The van der Waals surface area contributed by atoms with Crippen molar-refractivity contribution in [3.05, 3.63) is 30.3 Å². The fraction of sp³-hybridized carbons (Fsp3) is 0.250. The van der Waals surface area contributed by atoms with E-state index in [1.165, 1.54) is 12.1 Å². The highest BCUT2D eigenvalue weighted by Crippen LogP contribution is 2.34. The van der Waals surface area contributed by atoms with Crippen molar-refractivity contribution in [2.24, 2.45) is 0 Å². The Hall–Kier alpha value is 0.0400. The second kappa shape index (κ2) is 4.27. The quantitative estimate of drug-likeness (QED) is 0.794. The van der Waals surface area contributed by atoms with Crippen LogP contribution in [0.2, 0.25) is 0 Å². The molecule has 0 amide bonds. The van der Waals surface area contributed by atoms with Crippen molar-refractivity contribution in [3.8, 4) is 0 Å². The Morgan fingerprint density at radius 3 is 2.07 bits per heavy atom. The van der Waals surface area contributed by atoms with Crippen molar-refractivity contribution in [3.63, 3.8) is 0 Å². The predicted molar refractivity (Wildman–Crippen MR) is 58.8 cm³/mol.